The Balaban J connectivity index is 3.13. The van der Waals surface area contributed by atoms with Gasteiger partial charge >= 0.3 is 5.97 Å². The van der Waals surface area contributed by atoms with E-state index in [-0.39, 0.29) is 5.97 Å². The third kappa shape index (κ3) is 7.72. The number of aldehydes is 1. The first-order valence-corrected chi connectivity index (χ1v) is 5.08. The van der Waals surface area contributed by atoms with Crippen LogP contribution in [0.15, 0.2) is 0 Å². The lowest BCUT2D eigenvalue weighted by atomic mass is 10.2. The van der Waals surface area contributed by atoms with E-state index in [4.69, 9.17) is 4.74 Å². The average molecular weight is 237 g/mol. The second-order valence-electron chi connectivity index (χ2n) is 2.32. The maximum Gasteiger partial charge on any atom is 0.305 e. The zero-order valence-electron chi connectivity index (χ0n) is 6.92. The number of alkyl halides is 1. The normalized spacial score (nSPS) is 9.42. The summed E-state index contributed by atoms with van der Waals surface area (Å²) < 4.78 is 4.80. The molecule has 0 radical (unpaired) electrons. The minimum atomic E-state index is -0.180. The summed E-state index contributed by atoms with van der Waals surface area (Å²) in [5, 5.41) is 0.674. The summed E-state index contributed by atoms with van der Waals surface area (Å²) in [6.45, 7) is 0.423. The fraction of sp³-hybridized carbons (Fsp3) is 0.750. The molecular weight excluding hydrogens is 224 g/mol. The van der Waals surface area contributed by atoms with E-state index >= 15 is 0 Å². The molecule has 0 bridgehead atoms. The fourth-order valence-corrected chi connectivity index (χ4v) is 0.883. The van der Waals surface area contributed by atoms with Gasteiger partial charge in [-0.2, -0.15) is 0 Å². The molecule has 0 fully saturated rings. The molecule has 3 nitrogen and oxygen atoms in total. The lowest BCUT2D eigenvalue weighted by Gasteiger charge is -2.00. The molecule has 0 aliphatic carbocycles. The monoisotopic (exact) mass is 236 g/mol. The first-order valence-electron chi connectivity index (χ1n) is 3.96. The molecule has 0 saturated heterocycles. The Kier molecular flexibility index (Phi) is 8.44. The summed E-state index contributed by atoms with van der Waals surface area (Å²) in [6.07, 6.45) is 3.32. The van der Waals surface area contributed by atoms with Gasteiger partial charge in [-0.25, -0.2) is 0 Å². The van der Waals surface area contributed by atoms with Crippen molar-refractivity contribution in [3.63, 3.8) is 0 Å². The van der Waals surface area contributed by atoms with Crippen LogP contribution >= 0.6 is 15.9 Å². The molecule has 0 amide bonds. The summed E-state index contributed by atoms with van der Waals surface area (Å²) >= 11 is 3.15. The highest BCUT2D eigenvalue weighted by Crippen LogP contribution is 1.99. The Labute approximate surface area is 80.6 Å². The Bertz CT molecular complexity index is 136. The fourth-order valence-electron chi connectivity index (χ4n) is 0.722. The minimum Gasteiger partial charge on any atom is -0.465 e. The van der Waals surface area contributed by atoms with Crippen molar-refractivity contribution in [3.8, 4) is 0 Å². The molecule has 0 saturated carbocycles. The van der Waals surface area contributed by atoms with Crippen LogP contribution in [0.3, 0.4) is 0 Å². The molecule has 0 N–H and O–H groups in total. The lowest BCUT2D eigenvalue weighted by molar-refractivity contribution is -0.143. The van der Waals surface area contributed by atoms with E-state index in [2.05, 4.69) is 15.9 Å². The minimum absolute atomic E-state index is 0.180. The van der Waals surface area contributed by atoms with Gasteiger partial charge in [0, 0.05) is 18.2 Å². The molecule has 0 aromatic heterocycles. The third-order valence-corrected chi connectivity index (χ3v) is 1.62. The number of esters is 1. The van der Waals surface area contributed by atoms with Crippen molar-refractivity contribution >= 4 is 28.2 Å². The van der Waals surface area contributed by atoms with Gasteiger partial charge in [-0.05, 0) is 12.8 Å². The number of hydrogen-bond donors (Lipinski definition) is 0. The van der Waals surface area contributed by atoms with Crippen molar-refractivity contribution in [2.24, 2.45) is 0 Å². The number of unbranched alkanes of at least 4 members (excludes halogenated alkanes) is 2. The molecule has 0 spiro atoms. The summed E-state index contributed by atoms with van der Waals surface area (Å²) in [5.74, 6) is -0.180. The van der Waals surface area contributed by atoms with Gasteiger partial charge in [0.05, 0.1) is 0 Å². The van der Waals surface area contributed by atoms with Crippen molar-refractivity contribution in [1.82, 2.24) is 0 Å². The topological polar surface area (TPSA) is 43.4 Å². The average Bonchev–Trinajstić information content (AvgIpc) is 2.09. The number of carbonyl (C=O) groups excluding carboxylic acids is 2. The molecule has 0 aliphatic rings. The van der Waals surface area contributed by atoms with Crippen molar-refractivity contribution in [1.29, 1.82) is 0 Å². The summed E-state index contributed by atoms with van der Waals surface area (Å²) in [7, 11) is 0. The Morgan fingerprint density at radius 3 is 2.75 bits per heavy atom. The number of carbonyl (C=O) groups is 2. The van der Waals surface area contributed by atoms with Crippen LogP contribution in [0.1, 0.15) is 25.7 Å². The molecule has 0 aromatic rings. The van der Waals surface area contributed by atoms with Crippen molar-refractivity contribution in [2.45, 2.75) is 25.7 Å². The zero-order valence-corrected chi connectivity index (χ0v) is 8.51. The zero-order chi connectivity index (χ0) is 9.23. The SMILES string of the molecule is O=CCCCCC(=O)OCCBr. The van der Waals surface area contributed by atoms with Crippen molar-refractivity contribution < 1.29 is 14.3 Å². The van der Waals surface area contributed by atoms with Crippen molar-refractivity contribution in [3.05, 3.63) is 0 Å². The maximum atomic E-state index is 10.8. The van der Waals surface area contributed by atoms with Gasteiger partial charge in [-0.3, -0.25) is 4.79 Å². The van der Waals surface area contributed by atoms with E-state index in [0.717, 1.165) is 19.1 Å². The number of rotatable bonds is 7. The standard InChI is InChI=1S/C8H13BrO3/c9-5-7-12-8(11)4-2-1-3-6-10/h6H,1-5,7H2. The molecule has 0 aliphatic heterocycles. The molecule has 0 atom stereocenters. The molecule has 4 heteroatoms. The molecule has 0 unspecified atom stereocenters. The molecule has 12 heavy (non-hydrogen) atoms. The quantitative estimate of drug-likeness (QED) is 0.293. The van der Waals surface area contributed by atoms with Gasteiger partial charge in [0.1, 0.15) is 12.9 Å². The highest BCUT2D eigenvalue weighted by molar-refractivity contribution is 9.09. The van der Waals surface area contributed by atoms with Crippen molar-refractivity contribution in [2.75, 3.05) is 11.9 Å². The Morgan fingerprint density at radius 1 is 1.42 bits per heavy atom. The summed E-state index contributed by atoms with van der Waals surface area (Å²) in [5.41, 5.74) is 0. The Morgan fingerprint density at radius 2 is 2.17 bits per heavy atom. The highest BCUT2D eigenvalue weighted by Gasteiger charge is 2.00. The number of hydrogen-bond acceptors (Lipinski definition) is 3. The predicted octanol–water partition coefficient (Wildman–Crippen LogP) is 1.68. The number of ether oxygens (including phenoxy) is 1. The molecule has 0 heterocycles. The van der Waals surface area contributed by atoms with Gasteiger partial charge in [0.2, 0.25) is 0 Å². The predicted molar refractivity (Wildman–Crippen MR) is 49.3 cm³/mol. The van der Waals surface area contributed by atoms with Gasteiger partial charge in [-0.15, -0.1) is 0 Å². The van der Waals surface area contributed by atoms with Gasteiger partial charge in [0.15, 0.2) is 0 Å². The van der Waals surface area contributed by atoms with Crippen LogP contribution in [0, 0.1) is 0 Å². The molecule has 0 rings (SSSR count). The van der Waals surface area contributed by atoms with Crippen LogP contribution in [0.25, 0.3) is 0 Å². The van der Waals surface area contributed by atoms with E-state index in [1.165, 1.54) is 0 Å². The van der Waals surface area contributed by atoms with E-state index in [1.54, 1.807) is 0 Å². The van der Waals surface area contributed by atoms with Gasteiger partial charge in [-0.1, -0.05) is 15.9 Å². The van der Waals surface area contributed by atoms with Crippen LogP contribution < -0.4 is 0 Å². The van der Waals surface area contributed by atoms with Crippen LogP contribution in [0.4, 0.5) is 0 Å². The van der Waals surface area contributed by atoms with E-state index in [9.17, 15) is 9.59 Å². The van der Waals surface area contributed by atoms with Crippen LogP contribution in [0.5, 0.6) is 0 Å². The van der Waals surface area contributed by atoms with E-state index in [0.29, 0.717) is 24.8 Å². The Hall–Kier alpha value is -0.380. The first kappa shape index (κ1) is 11.6. The first-order chi connectivity index (χ1) is 5.81. The van der Waals surface area contributed by atoms with E-state index < -0.39 is 0 Å². The van der Waals surface area contributed by atoms with Crippen LogP contribution in [0.2, 0.25) is 0 Å². The van der Waals surface area contributed by atoms with Gasteiger partial charge in [0.25, 0.3) is 0 Å². The van der Waals surface area contributed by atoms with Gasteiger partial charge < -0.3 is 9.53 Å². The lowest BCUT2D eigenvalue weighted by Crippen LogP contribution is -2.05. The molecule has 0 aromatic carbocycles. The highest BCUT2D eigenvalue weighted by atomic mass is 79.9. The summed E-state index contributed by atoms with van der Waals surface area (Å²) in [4.78, 5) is 20.7. The van der Waals surface area contributed by atoms with Crippen LogP contribution in [-0.2, 0) is 14.3 Å². The van der Waals surface area contributed by atoms with E-state index in [1.807, 2.05) is 0 Å². The molecule has 70 valence electrons. The maximum absolute atomic E-state index is 10.8. The summed E-state index contributed by atoms with van der Waals surface area (Å²) in [6, 6.07) is 0. The second-order valence-corrected chi connectivity index (χ2v) is 3.11. The van der Waals surface area contributed by atoms with Crippen LogP contribution in [-0.4, -0.2) is 24.2 Å². The smallest absolute Gasteiger partial charge is 0.305 e. The third-order valence-electron chi connectivity index (χ3n) is 1.29. The largest absolute Gasteiger partial charge is 0.465 e. The number of halogens is 1. The second kappa shape index (κ2) is 8.71. The molecular formula is C8H13BrO3.